The molecule has 0 saturated heterocycles. The Labute approximate surface area is 261 Å². The summed E-state index contributed by atoms with van der Waals surface area (Å²) in [6.07, 6.45) is 7.04. The smallest absolute Gasteiger partial charge is 0.360 e. The van der Waals surface area contributed by atoms with Gasteiger partial charge in [-0.15, -0.1) is 0 Å². The van der Waals surface area contributed by atoms with Gasteiger partial charge in [0.2, 0.25) is 0 Å². The minimum absolute atomic E-state index is 0.0300. The van der Waals surface area contributed by atoms with Crippen molar-refractivity contribution in [2.75, 3.05) is 31.4 Å². The minimum atomic E-state index is -0.754. The van der Waals surface area contributed by atoms with Crippen molar-refractivity contribution in [1.82, 2.24) is 5.32 Å². The van der Waals surface area contributed by atoms with E-state index in [1.807, 2.05) is 24.3 Å². The molecule has 1 fully saturated rings. The molecule has 1 unspecified atom stereocenters. The Hall–Kier alpha value is -4.83. The number of hydrogen-bond donors (Lipinski definition) is 3. The molecule has 3 N–H and O–H groups in total. The molecule has 0 bridgehead atoms. The fourth-order valence-electron chi connectivity index (χ4n) is 6.03. The van der Waals surface area contributed by atoms with Crippen molar-refractivity contribution in [2.45, 2.75) is 57.1 Å². The molecule has 1 saturated carbocycles. The Balaban J connectivity index is 1.16. The fraction of sp³-hybridized carbons (Fsp3) is 0.343. The molecule has 2 heterocycles. The molecule has 45 heavy (non-hydrogen) atoms. The number of rotatable bonds is 10. The van der Waals surface area contributed by atoms with Crippen LogP contribution in [-0.4, -0.2) is 44.7 Å². The van der Waals surface area contributed by atoms with Gasteiger partial charge in [0, 0.05) is 22.6 Å². The van der Waals surface area contributed by atoms with Crippen LogP contribution in [0.3, 0.4) is 0 Å². The lowest BCUT2D eigenvalue weighted by Crippen LogP contribution is -2.38. The SMILES string of the molecule is COc1cccc(-c2cc(C(=O)Nc3cc4ccc5c(c4oc3=O)NC(=O)C(CCCNC3CCCCC3)O5)ccc2OC)c1. The van der Waals surface area contributed by atoms with E-state index in [4.69, 9.17) is 18.6 Å². The Bertz CT molecular complexity index is 1780. The normalized spacial score (nSPS) is 16.4. The van der Waals surface area contributed by atoms with E-state index in [-0.39, 0.29) is 17.2 Å². The van der Waals surface area contributed by atoms with Crippen molar-refractivity contribution < 1.29 is 28.2 Å². The fourth-order valence-corrected chi connectivity index (χ4v) is 6.03. The monoisotopic (exact) mass is 611 g/mol. The molecule has 2 aliphatic rings. The number of benzene rings is 3. The van der Waals surface area contributed by atoms with Crippen LogP contribution in [0.15, 0.2) is 69.9 Å². The average molecular weight is 612 g/mol. The molecule has 10 heteroatoms. The van der Waals surface area contributed by atoms with Crippen LogP contribution >= 0.6 is 0 Å². The second kappa shape index (κ2) is 13.4. The molecule has 1 aliphatic heterocycles. The highest BCUT2D eigenvalue weighted by molar-refractivity contribution is 6.08. The number of ether oxygens (including phenoxy) is 3. The molecule has 1 aromatic heterocycles. The van der Waals surface area contributed by atoms with Gasteiger partial charge in [-0.2, -0.15) is 0 Å². The molecule has 6 rings (SSSR count). The van der Waals surface area contributed by atoms with Gasteiger partial charge < -0.3 is 34.6 Å². The summed E-state index contributed by atoms with van der Waals surface area (Å²) in [6, 6.07) is 18.0. The summed E-state index contributed by atoms with van der Waals surface area (Å²) in [5.41, 5.74) is 1.52. The first-order valence-electron chi connectivity index (χ1n) is 15.4. The predicted molar refractivity (Wildman–Crippen MR) is 173 cm³/mol. The van der Waals surface area contributed by atoms with Crippen LogP contribution in [0.5, 0.6) is 17.2 Å². The zero-order valence-corrected chi connectivity index (χ0v) is 25.4. The second-order valence-corrected chi connectivity index (χ2v) is 11.4. The van der Waals surface area contributed by atoms with Gasteiger partial charge >= 0.3 is 5.63 Å². The van der Waals surface area contributed by atoms with Crippen molar-refractivity contribution in [3.63, 3.8) is 0 Å². The summed E-state index contributed by atoms with van der Waals surface area (Å²) >= 11 is 0. The molecule has 0 spiro atoms. The van der Waals surface area contributed by atoms with Crippen molar-refractivity contribution in [2.24, 2.45) is 0 Å². The molecule has 1 atom stereocenters. The van der Waals surface area contributed by atoms with Gasteiger partial charge in [0.05, 0.1) is 14.2 Å². The molecule has 234 valence electrons. The number of amides is 2. The maximum atomic E-state index is 13.3. The second-order valence-electron chi connectivity index (χ2n) is 11.4. The summed E-state index contributed by atoms with van der Waals surface area (Å²) in [7, 11) is 3.14. The molecule has 2 amide bonds. The predicted octanol–water partition coefficient (Wildman–Crippen LogP) is 6.13. The van der Waals surface area contributed by atoms with Crippen molar-refractivity contribution in [1.29, 1.82) is 0 Å². The van der Waals surface area contributed by atoms with Gasteiger partial charge in [-0.25, -0.2) is 4.79 Å². The molecule has 4 aromatic rings. The van der Waals surface area contributed by atoms with E-state index < -0.39 is 17.6 Å². The summed E-state index contributed by atoms with van der Waals surface area (Å²) in [6.45, 7) is 0.838. The number of carbonyl (C=O) groups excluding carboxylic acids is 2. The van der Waals surface area contributed by atoms with Crippen LogP contribution in [0.1, 0.15) is 55.3 Å². The van der Waals surface area contributed by atoms with Gasteiger partial charge in [-0.3, -0.25) is 9.59 Å². The zero-order valence-electron chi connectivity index (χ0n) is 25.4. The number of carbonyl (C=O) groups is 2. The van der Waals surface area contributed by atoms with Crippen molar-refractivity contribution in [3.05, 3.63) is 76.6 Å². The first kappa shape index (κ1) is 30.2. The lowest BCUT2D eigenvalue weighted by molar-refractivity contribution is -0.123. The number of methoxy groups -OCH3 is 2. The standard InChI is InChI=1S/C35H37N3O7/c1-42-25-11-6-8-21(18-25)26-19-23(14-15-28(26)43-2)33(39)37-27-20-22-13-16-29-31(32(22)45-35(27)41)38-34(40)30(44-29)12-7-17-36-24-9-4-3-5-10-24/h6,8,11,13-16,18-20,24,30,36H,3-5,7,9-10,12,17H2,1-2H3,(H,37,39)(H,38,40). The van der Waals surface area contributed by atoms with Gasteiger partial charge in [-0.1, -0.05) is 31.4 Å². The highest BCUT2D eigenvalue weighted by Crippen LogP contribution is 2.38. The first-order chi connectivity index (χ1) is 21.9. The number of nitrogens with one attached hydrogen (secondary N) is 3. The Morgan fingerprint density at radius 1 is 0.978 bits per heavy atom. The molecular weight excluding hydrogens is 574 g/mol. The topological polar surface area (TPSA) is 128 Å². The summed E-state index contributed by atoms with van der Waals surface area (Å²) in [5.74, 6) is 0.913. The van der Waals surface area contributed by atoms with Crippen molar-refractivity contribution >= 4 is 34.2 Å². The van der Waals surface area contributed by atoms with Crippen LogP contribution in [0.25, 0.3) is 22.1 Å². The Kier molecular flexibility index (Phi) is 9.02. The molecule has 0 radical (unpaired) electrons. The summed E-state index contributed by atoms with van der Waals surface area (Å²) in [4.78, 5) is 39.2. The third-order valence-electron chi connectivity index (χ3n) is 8.45. The van der Waals surface area contributed by atoms with Crippen LogP contribution in [0.4, 0.5) is 11.4 Å². The highest BCUT2D eigenvalue weighted by Gasteiger charge is 2.30. The largest absolute Gasteiger partial charge is 0.497 e. The number of fused-ring (bicyclic) bond motifs is 3. The van der Waals surface area contributed by atoms with Crippen LogP contribution in [-0.2, 0) is 4.79 Å². The Morgan fingerprint density at radius 2 is 1.82 bits per heavy atom. The van der Waals surface area contributed by atoms with Crippen molar-refractivity contribution in [3.8, 4) is 28.4 Å². The van der Waals surface area contributed by atoms with Gasteiger partial charge in [0.1, 0.15) is 28.6 Å². The molecule has 10 nitrogen and oxygen atoms in total. The molecule has 1 aliphatic carbocycles. The van der Waals surface area contributed by atoms with Crippen LogP contribution in [0, 0.1) is 0 Å². The van der Waals surface area contributed by atoms with Crippen LogP contribution < -0.4 is 35.8 Å². The highest BCUT2D eigenvalue weighted by atomic mass is 16.5. The van der Waals surface area contributed by atoms with E-state index in [2.05, 4.69) is 16.0 Å². The van der Waals surface area contributed by atoms with E-state index >= 15 is 0 Å². The van der Waals surface area contributed by atoms with E-state index in [9.17, 15) is 14.4 Å². The Morgan fingerprint density at radius 3 is 2.62 bits per heavy atom. The van der Waals surface area contributed by atoms with Gasteiger partial charge in [-0.05, 0) is 86.3 Å². The van der Waals surface area contributed by atoms with E-state index in [1.165, 1.54) is 38.2 Å². The first-order valence-corrected chi connectivity index (χ1v) is 15.4. The lowest BCUT2D eigenvalue weighted by atomic mass is 9.95. The summed E-state index contributed by atoms with van der Waals surface area (Å²) < 4.78 is 22.5. The van der Waals surface area contributed by atoms with Gasteiger partial charge in [0.25, 0.3) is 11.8 Å². The molecule has 3 aromatic carbocycles. The van der Waals surface area contributed by atoms with E-state index in [0.29, 0.717) is 51.9 Å². The summed E-state index contributed by atoms with van der Waals surface area (Å²) in [5, 5.41) is 9.66. The minimum Gasteiger partial charge on any atom is -0.497 e. The zero-order chi connectivity index (χ0) is 31.3. The quantitative estimate of drug-likeness (QED) is 0.144. The van der Waals surface area contributed by atoms with Crippen LogP contribution in [0.2, 0.25) is 0 Å². The third-order valence-corrected chi connectivity index (χ3v) is 8.45. The lowest BCUT2D eigenvalue weighted by Gasteiger charge is -2.27. The maximum absolute atomic E-state index is 13.3. The van der Waals surface area contributed by atoms with Gasteiger partial charge in [0.15, 0.2) is 11.7 Å². The van der Waals surface area contributed by atoms with E-state index in [0.717, 1.165) is 18.5 Å². The number of hydrogen-bond acceptors (Lipinski definition) is 8. The van der Waals surface area contributed by atoms with E-state index in [1.54, 1.807) is 44.6 Å². The maximum Gasteiger partial charge on any atom is 0.360 e. The average Bonchev–Trinajstić information content (AvgIpc) is 3.07. The third kappa shape index (κ3) is 6.66. The molecular formula is C35H37N3O7. The number of anilines is 2.